The van der Waals surface area contributed by atoms with Crippen LogP contribution in [0.3, 0.4) is 0 Å². The molecule has 0 fully saturated rings. The minimum atomic E-state index is -4.48. The number of carbonyl (C=O) groups excluding carboxylic acids is 1. The summed E-state index contributed by atoms with van der Waals surface area (Å²) in [5.41, 5.74) is 6.52. The molecule has 0 aliphatic heterocycles. The first-order valence-corrected chi connectivity index (χ1v) is 8.95. The lowest BCUT2D eigenvalue weighted by atomic mass is 9.99. The number of hydrogen-bond acceptors (Lipinski definition) is 4. The Morgan fingerprint density at radius 1 is 1.31 bits per heavy atom. The number of nitrogens with two attached hydrogens (primary N) is 1. The molecule has 2 heterocycles. The van der Waals surface area contributed by atoms with E-state index in [1.807, 2.05) is 0 Å². The van der Waals surface area contributed by atoms with E-state index >= 15 is 0 Å². The van der Waals surface area contributed by atoms with E-state index in [2.05, 4.69) is 10.4 Å². The largest absolute Gasteiger partial charge is 0.455 e. The van der Waals surface area contributed by atoms with Crippen LogP contribution in [0.15, 0.2) is 47.0 Å². The quantitative estimate of drug-likeness (QED) is 0.658. The number of benzene rings is 1. The van der Waals surface area contributed by atoms with Crippen LogP contribution in [-0.4, -0.2) is 28.3 Å². The summed E-state index contributed by atoms with van der Waals surface area (Å²) in [7, 11) is 1.77. The molecule has 0 saturated heterocycles. The van der Waals surface area contributed by atoms with Gasteiger partial charge in [0.25, 0.3) is 5.91 Å². The molecule has 0 unspecified atom stereocenters. The van der Waals surface area contributed by atoms with Gasteiger partial charge in [0.05, 0.1) is 11.3 Å². The van der Waals surface area contributed by atoms with Crippen molar-refractivity contribution in [1.82, 2.24) is 15.1 Å². The van der Waals surface area contributed by atoms with Crippen LogP contribution in [0, 0.1) is 6.92 Å². The highest BCUT2D eigenvalue weighted by atomic mass is 19.4. The SMILES string of the molecule is Cc1oc(C(=O)N[C@H](CN)Cc2ccccc2C(F)(F)F)cc1-c1ccnn1C. The molecule has 3 N–H and O–H groups in total. The van der Waals surface area contributed by atoms with E-state index < -0.39 is 23.7 Å². The Kier molecular flexibility index (Phi) is 5.78. The number of aryl methyl sites for hydroxylation is 2. The summed E-state index contributed by atoms with van der Waals surface area (Å²) in [5, 5.41) is 6.75. The van der Waals surface area contributed by atoms with E-state index in [9.17, 15) is 18.0 Å². The molecule has 3 rings (SSSR count). The summed E-state index contributed by atoms with van der Waals surface area (Å²) in [4.78, 5) is 12.6. The van der Waals surface area contributed by atoms with Crippen molar-refractivity contribution in [2.45, 2.75) is 25.6 Å². The van der Waals surface area contributed by atoms with Crippen molar-refractivity contribution in [1.29, 1.82) is 0 Å². The van der Waals surface area contributed by atoms with Gasteiger partial charge in [-0.2, -0.15) is 18.3 Å². The number of aromatic nitrogens is 2. The Labute approximate surface area is 165 Å². The maximum absolute atomic E-state index is 13.2. The van der Waals surface area contributed by atoms with Gasteiger partial charge in [0.1, 0.15) is 5.76 Å². The topological polar surface area (TPSA) is 86.1 Å². The molecule has 0 aliphatic rings. The third kappa shape index (κ3) is 4.51. The van der Waals surface area contributed by atoms with Gasteiger partial charge in [0, 0.05) is 31.4 Å². The standard InChI is InChI=1S/C20H21F3N4O2/c1-12-15(17-7-8-25-27(17)2)10-18(29-12)19(28)26-14(11-24)9-13-5-3-4-6-16(13)20(21,22)23/h3-8,10,14H,9,11,24H2,1-2H3,(H,26,28)/t14-/m0/s1. The number of carbonyl (C=O) groups is 1. The average Bonchev–Trinajstić information content (AvgIpc) is 3.25. The fraction of sp³-hybridized carbons (Fsp3) is 0.300. The van der Waals surface area contributed by atoms with Gasteiger partial charge in [-0.3, -0.25) is 9.48 Å². The summed E-state index contributed by atoms with van der Waals surface area (Å²) >= 11 is 0. The molecule has 6 nitrogen and oxygen atoms in total. The number of hydrogen-bond donors (Lipinski definition) is 2. The second-order valence-corrected chi connectivity index (χ2v) is 6.69. The molecular formula is C20H21F3N4O2. The molecule has 9 heteroatoms. The molecule has 1 atom stereocenters. The van der Waals surface area contributed by atoms with E-state index in [1.165, 1.54) is 18.2 Å². The van der Waals surface area contributed by atoms with Crippen molar-refractivity contribution in [2.24, 2.45) is 12.8 Å². The molecule has 1 aromatic carbocycles. The maximum atomic E-state index is 13.2. The van der Waals surface area contributed by atoms with Crippen LogP contribution in [0.25, 0.3) is 11.3 Å². The van der Waals surface area contributed by atoms with Gasteiger partial charge < -0.3 is 15.5 Å². The number of nitrogens with zero attached hydrogens (tertiary/aromatic N) is 2. The predicted molar refractivity (Wildman–Crippen MR) is 101 cm³/mol. The van der Waals surface area contributed by atoms with Crippen molar-refractivity contribution in [3.63, 3.8) is 0 Å². The number of nitrogens with one attached hydrogen (secondary N) is 1. The lowest BCUT2D eigenvalue weighted by Gasteiger charge is -2.19. The first-order valence-electron chi connectivity index (χ1n) is 8.95. The van der Waals surface area contributed by atoms with Gasteiger partial charge in [-0.15, -0.1) is 0 Å². The van der Waals surface area contributed by atoms with Crippen LogP contribution in [0.5, 0.6) is 0 Å². The fourth-order valence-corrected chi connectivity index (χ4v) is 3.18. The molecule has 2 aromatic heterocycles. The number of alkyl halides is 3. The molecule has 0 bridgehead atoms. The van der Waals surface area contributed by atoms with Gasteiger partial charge in [0.2, 0.25) is 0 Å². The zero-order chi connectivity index (χ0) is 21.2. The van der Waals surface area contributed by atoms with Gasteiger partial charge >= 0.3 is 6.18 Å². The predicted octanol–water partition coefficient (Wildman–Crippen LogP) is 3.31. The molecular weight excluding hydrogens is 385 g/mol. The second kappa shape index (κ2) is 8.12. The molecule has 154 valence electrons. The third-order valence-corrected chi connectivity index (χ3v) is 4.65. The van der Waals surface area contributed by atoms with Gasteiger partial charge in [0.15, 0.2) is 5.76 Å². The average molecular weight is 406 g/mol. The first kappa shape index (κ1) is 20.7. The monoisotopic (exact) mass is 406 g/mol. The van der Waals surface area contributed by atoms with E-state index in [-0.39, 0.29) is 24.3 Å². The first-order chi connectivity index (χ1) is 13.7. The zero-order valence-electron chi connectivity index (χ0n) is 16.0. The van der Waals surface area contributed by atoms with Crippen LogP contribution in [0.1, 0.15) is 27.4 Å². The summed E-state index contributed by atoms with van der Waals surface area (Å²) in [6.07, 6.45) is -2.90. The Morgan fingerprint density at radius 3 is 2.66 bits per heavy atom. The maximum Gasteiger partial charge on any atom is 0.416 e. The molecule has 29 heavy (non-hydrogen) atoms. The van der Waals surface area contributed by atoms with Crippen molar-refractivity contribution >= 4 is 5.91 Å². The van der Waals surface area contributed by atoms with Crippen LogP contribution < -0.4 is 11.1 Å². The van der Waals surface area contributed by atoms with E-state index in [4.69, 9.17) is 10.2 Å². The Balaban J connectivity index is 1.77. The van der Waals surface area contributed by atoms with Crippen molar-refractivity contribution in [3.05, 3.63) is 65.2 Å². The number of furan rings is 1. The van der Waals surface area contributed by atoms with Crippen LogP contribution in [0.4, 0.5) is 13.2 Å². The van der Waals surface area contributed by atoms with E-state index in [0.717, 1.165) is 11.8 Å². The molecule has 0 aliphatic carbocycles. The summed E-state index contributed by atoms with van der Waals surface area (Å²) < 4.78 is 46.8. The van der Waals surface area contributed by atoms with Crippen LogP contribution >= 0.6 is 0 Å². The lowest BCUT2D eigenvalue weighted by Crippen LogP contribution is -2.42. The fourth-order valence-electron chi connectivity index (χ4n) is 3.18. The highest BCUT2D eigenvalue weighted by molar-refractivity contribution is 5.93. The molecule has 0 radical (unpaired) electrons. The minimum Gasteiger partial charge on any atom is -0.455 e. The van der Waals surface area contributed by atoms with Gasteiger partial charge in [-0.25, -0.2) is 0 Å². The Bertz CT molecular complexity index is 1010. The highest BCUT2D eigenvalue weighted by Gasteiger charge is 2.33. The van der Waals surface area contributed by atoms with Gasteiger partial charge in [-0.05, 0) is 37.1 Å². The van der Waals surface area contributed by atoms with Crippen molar-refractivity contribution in [2.75, 3.05) is 6.54 Å². The number of amides is 1. The Hall–Kier alpha value is -3.07. The zero-order valence-corrected chi connectivity index (χ0v) is 16.0. The van der Waals surface area contributed by atoms with Crippen molar-refractivity contribution in [3.8, 4) is 11.3 Å². The Morgan fingerprint density at radius 2 is 2.03 bits per heavy atom. The minimum absolute atomic E-state index is 0.0216. The molecule has 0 saturated carbocycles. The third-order valence-electron chi connectivity index (χ3n) is 4.65. The van der Waals surface area contributed by atoms with Crippen LogP contribution in [0.2, 0.25) is 0 Å². The normalized spacial score (nSPS) is 12.8. The summed E-state index contributed by atoms with van der Waals surface area (Å²) in [6.45, 7) is 1.70. The second-order valence-electron chi connectivity index (χ2n) is 6.69. The van der Waals surface area contributed by atoms with E-state index in [0.29, 0.717) is 11.3 Å². The summed E-state index contributed by atoms with van der Waals surface area (Å²) in [6, 6.07) is 7.94. The molecule has 0 spiro atoms. The molecule has 1 amide bonds. The summed E-state index contributed by atoms with van der Waals surface area (Å²) in [5.74, 6) is 0.0492. The lowest BCUT2D eigenvalue weighted by molar-refractivity contribution is -0.138. The number of halogens is 3. The van der Waals surface area contributed by atoms with Crippen LogP contribution in [-0.2, 0) is 19.6 Å². The van der Waals surface area contributed by atoms with Gasteiger partial charge in [-0.1, -0.05) is 18.2 Å². The van der Waals surface area contributed by atoms with E-state index in [1.54, 1.807) is 37.0 Å². The van der Waals surface area contributed by atoms with Crippen molar-refractivity contribution < 1.29 is 22.4 Å². The molecule has 3 aromatic rings. The number of rotatable bonds is 6. The smallest absolute Gasteiger partial charge is 0.416 e. The highest BCUT2D eigenvalue weighted by Crippen LogP contribution is 2.32.